The van der Waals surface area contributed by atoms with E-state index in [2.05, 4.69) is 0 Å². The van der Waals surface area contributed by atoms with Gasteiger partial charge in [0.05, 0.1) is 21.4 Å². The fourth-order valence-corrected chi connectivity index (χ4v) is 2.00. The van der Waals surface area contributed by atoms with E-state index in [-0.39, 0.29) is 12.3 Å². The molecule has 0 amide bonds. The summed E-state index contributed by atoms with van der Waals surface area (Å²) in [5, 5.41) is 1.15. The zero-order chi connectivity index (χ0) is 12.4. The van der Waals surface area contributed by atoms with Gasteiger partial charge in [-0.2, -0.15) is 0 Å². The average Bonchev–Trinajstić information content (AvgIpc) is 2.29. The van der Waals surface area contributed by atoms with E-state index in [1.165, 1.54) is 0 Å². The van der Waals surface area contributed by atoms with Gasteiger partial charge in [-0.05, 0) is 41.8 Å². The summed E-state index contributed by atoms with van der Waals surface area (Å²) >= 11 is 11.9. The average molecular weight is 301 g/mol. The maximum Gasteiger partial charge on any atom is 0.0638 e. The van der Waals surface area contributed by atoms with Gasteiger partial charge in [0, 0.05) is 0 Å². The Morgan fingerprint density at radius 1 is 0.737 bits per heavy atom. The quantitative estimate of drug-likeness (QED) is 0.624. The molecule has 0 aliphatic rings. The first kappa shape index (κ1) is 17.5. The van der Waals surface area contributed by atoms with Crippen molar-refractivity contribution in [2.45, 2.75) is 6.42 Å². The number of hydrogen-bond donors (Lipinski definition) is 4. The normalized spacial score (nSPS) is 9.37. The molecule has 6 heteroatoms. The van der Waals surface area contributed by atoms with Crippen molar-refractivity contribution in [1.82, 2.24) is 12.3 Å². The van der Waals surface area contributed by atoms with Gasteiger partial charge in [0.15, 0.2) is 0 Å². The van der Waals surface area contributed by atoms with Gasteiger partial charge in [-0.1, -0.05) is 35.3 Å². The molecule has 2 aromatic rings. The van der Waals surface area contributed by atoms with Crippen LogP contribution in [0.4, 0.5) is 11.4 Å². The highest BCUT2D eigenvalue weighted by molar-refractivity contribution is 6.33. The monoisotopic (exact) mass is 300 g/mol. The summed E-state index contributed by atoms with van der Waals surface area (Å²) in [6.07, 6.45) is 0.750. The Balaban J connectivity index is 0.00000162. The maximum absolute atomic E-state index is 5.97. The van der Waals surface area contributed by atoms with Crippen molar-refractivity contribution in [1.29, 1.82) is 0 Å². The van der Waals surface area contributed by atoms with Crippen LogP contribution in [0, 0.1) is 0 Å². The SMILES string of the molecule is N.N.Nc1ccc(Cc2ccc(N)c(Cl)c2)cc1Cl. The highest BCUT2D eigenvalue weighted by atomic mass is 35.5. The van der Waals surface area contributed by atoms with Gasteiger partial charge in [0.2, 0.25) is 0 Å². The van der Waals surface area contributed by atoms with Crippen molar-refractivity contribution in [3.63, 3.8) is 0 Å². The van der Waals surface area contributed by atoms with Crippen LogP contribution in [-0.2, 0) is 6.42 Å². The number of nitrogens with two attached hydrogens (primary N) is 2. The topological polar surface area (TPSA) is 122 Å². The van der Waals surface area contributed by atoms with Crippen LogP contribution in [0.2, 0.25) is 10.0 Å². The molecule has 0 aliphatic carbocycles. The lowest BCUT2D eigenvalue weighted by atomic mass is 10.0. The second-order valence-corrected chi connectivity index (χ2v) is 4.70. The van der Waals surface area contributed by atoms with Crippen molar-refractivity contribution < 1.29 is 0 Å². The third kappa shape index (κ3) is 4.29. The van der Waals surface area contributed by atoms with E-state index in [0.29, 0.717) is 21.4 Å². The predicted octanol–water partition coefficient (Wildman–Crippen LogP) is 4.07. The zero-order valence-electron chi connectivity index (χ0n) is 10.5. The van der Waals surface area contributed by atoms with Crippen molar-refractivity contribution in [2.24, 2.45) is 0 Å². The molecule has 0 radical (unpaired) electrons. The van der Waals surface area contributed by atoms with Crippen LogP contribution < -0.4 is 23.8 Å². The van der Waals surface area contributed by atoms with Gasteiger partial charge in [0.1, 0.15) is 0 Å². The van der Waals surface area contributed by atoms with Crippen LogP contribution in [0.3, 0.4) is 0 Å². The molecule has 0 aliphatic heterocycles. The summed E-state index contributed by atoms with van der Waals surface area (Å²) < 4.78 is 0. The lowest BCUT2D eigenvalue weighted by molar-refractivity contribution is 1.19. The molecule has 0 aromatic heterocycles. The molecule has 0 saturated carbocycles. The number of anilines is 2. The second-order valence-electron chi connectivity index (χ2n) is 3.89. The van der Waals surface area contributed by atoms with E-state index in [1.54, 1.807) is 12.1 Å². The van der Waals surface area contributed by atoms with Gasteiger partial charge in [-0.15, -0.1) is 0 Å². The van der Waals surface area contributed by atoms with Crippen molar-refractivity contribution in [3.8, 4) is 0 Å². The highest BCUT2D eigenvalue weighted by Crippen LogP contribution is 2.24. The van der Waals surface area contributed by atoms with Crippen LogP contribution in [0.5, 0.6) is 0 Å². The van der Waals surface area contributed by atoms with Crippen LogP contribution in [-0.4, -0.2) is 0 Å². The number of rotatable bonds is 2. The molecule has 2 aromatic carbocycles. The maximum atomic E-state index is 5.97. The number of nitrogen functional groups attached to an aromatic ring is 2. The van der Waals surface area contributed by atoms with E-state index < -0.39 is 0 Å². The molecule has 0 heterocycles. The molecule has 0 unspecified atom stereocenters. The van der Waals surface area contributed by atoms with Gasteiger partial charge < -0.3 is 23.8 Å². The van der Waals surface area contributed by atoms with E-state index in [0.717, 1.165) is 17.5 Å². The van der Waals surface area contributed by atoms with Crippen molar-refractivity contribution in [3.05, 3.63) is 57.6 Å². The minimum Gasteiger partial charge on any atom is -0.398 e. The number of benzene rings is 2. The van der Waals surface area contributed by atoms with Crippen molar-refractivity contribution in [2.75, 3.05) is 11.5 Å². The minimum atomic E-state index is 0. The van der Waals surface area contributed by atoms with Crippen LogP contribution in [0.1, 0.15) is 11.1 Å². The Morgan fingerprint density at radius 2 is 1.11 bits per heavy atom. The fraction of sp³-hybridized carbons (Fsp3) is 0.0769. The lowest BCUT2D eigenvalue weighted by Gasteiger charge is -2.06. The van der Waals surface area contributed by atoms with Crippen molar-refractivity contribution >= 4 is 34.6 Å². The first-order valence-corrected chi connectivity index (χ1v) is 5.89. The van der Waals surface area contributed by atoms with Gasteiger partial charge >= 0.3 is 0 Å². The summed E-state index contributed by atoms with van der Waals surface area (Å²) in [5.41, 5.74) is 14.7. The summed E-state index contributed by atoms with van der Waals surface area (Å²) in [5.74, 6) is 0. The second kappa shape index (κ2) is 7.21. The largest absolute Gasteiger partial charge is 0.398 e. The Labute approximate surface area is 122 Å². The molecule has 4 nitrogen and oxygen atoms in total. The van der Waals surface area contributed by atoms with E-state index >= 15 is 0 Å². The Kier molecular flexibility index (Phi) is 6.65. The van der Waals surface area contributed by atoms with Crippen LogP contribution in [0.15, 0.2) is 36.4 Å². The Bertz CT molecular complexity index is 509. The summed E-state index contributed by atoms with van der Waals surface area (Å²) in [6.45, 7) is 0. The fourth-order valence-electron chi connectivity index (χ4n) is 1.60. The molecular weight excluding hydrogens is 283 g/mol. The third-order valence-corrected chi connectivity index (χ3v) is 3.19. The number of halogens is 2. The Hall–Kier alpha value is -1.46. The molecule has 10 N–H and O–H groups in total. The summed E-state index contributed by atoms with van der Waals surface area (Å²) in [7, 11) is 0. The van der Waals surface area contributed by atoms with E-state index in [9.17, 15) is 0 Å². The van der Waals surface area contributed by atoms with Crippen LogP contribution >= 0.6 is 23.2 Å². The smallest absolute Gasteiger partial charge is 0.0638 e. The molecule has 0 spiro atoms. The first-order chi connectivity index (χ1) is 8.06. The molecule has 19 heavy (non-hydrogen) atoms. The molecule has 2 rings (SSSR count). The summed E-state index contributed by atoms with van der Waals surface area (Å²) in [4.78, 5) is 0. The van der Waals surface area contributed by atoms with Gasteiger partial charge in [-0.3, -0.25) is 0 Å². The van der Waals surface area contributed by atoms with E-state index in [1.807, 2.05) is 24.3 Å². The minimum absolute atomic E-state index is 0. The molecule has 0 saturated heterocycles. The van der Waals surface area contributed by atoms with Crippen LogP contribution in [0.25, 0.3) is 0 Å². The molecule has 0 atom stereocenters. The summed E-state index contributed by atoms with van der Waals surface area (Å²) in [6, 6.07) is 11.2. The molecule has 104 valence electrons. The lowest BCUT2D eigenvalue weighted by Crippen LogP contribution is -1.93. The predicted molar refractivity (Wildman–Crippen MR) is 84.6 cm³/mol. The first-order valence-electron chi connectivity index (χ1n) is 5.14. The van der Waals surface area contributed by atoms with Gasteiger partial charge in [-0.25, -0.2) is 0 Å². The van der Waals surface area contributed by atoms with E-state index in [4.69, 9.17) is 34.7 Å². The zero-order valence-corrected chi connectivity index (χ0v) is 12.0. The molecule has 0 fully saturated rings. The standard InChI is InChI=1S/C13H12Cl2N2.2H3N/c14-10-6-8(1-3-12(10)16)5-9-2-4-13(17)11(15)7-9;;/h1-4,6-7H,5,16-17H2;2*1H3. The third-order valence-electron chi connectivity index (χ3n) is 2.54. The molecular formula is C13H18Cl2N4. The Morgan fingerprint density at radius 3 is 1.42 bits per heavy atom. The highest BCUT2D eigenvalue weighted by Gasteiger charge is 2.02. The number of hydrogen-bond acceptors (Lipinski definition) is 4. The van der Waals surface area contributed by atoms with Gasteiger partial charge in [0.25, 0.3) is 0 Å². The molecule has 0 bridgehead atoms.